The van der Waals surface area contributed by atoms with Crippen LogP contribution in [0.1, 0.15) is 52.7 Å². The minimum atomic E-state index is -4.58. The number of amides is 2. The number of aromatic nitrogens is 1. The van der Waals surface area contributed by atoms with Crippen molar-refractivity contribution < 1.29 is 37.0 Å². The van der Waals surface area contributed by atoms with Crippen LogP contribution in [0.5, 0.6) is 5.75 Å². The maximum absolute atomic E-state index is 13.4. The molecule has 0 spiro atoms. The van der Waals surface area contributed by atoms with Gasteiger partial charge < -0.3 is 14.2 Å². The zero-order valence-corrected chi connectivity index (χ0v) is 23.0. The number of carbonyl (C=O) groups is 2. The molecule has 7 nitrogen and oxygen atoms in total. The summed E-state index contributed by atoms with van der Waals surface area (Å²) >= 11 is 9.13. The number of alkyl halides is 3. The molecule has 198 valence electrons. The molecule has 0 aliphatic heterocycles. The van der Waals surface area contributed by atoms with Crippen molar-refractivity contribution in [1.82, 2.24) is 4.98 Å². The summed E-state index contributed by atoms with van der Waals surface area (Å²) in [5.41, 5.74) is -2.81. The number of halogens is 5. The van der Waals surface area contributed by atoms with Crippen molar-refractivity contribution >= 4 is 45.5 Å². The second kappa shape index (κ2) is 11.2. The van der Waals surface area contributed by atoms with E-state index < -0.39 is 35.1 Å². The molecule has 2 aromatic rings. The summed E-state index contributed by atoms with van der Waals surface area (Å²) in [6.07, 6.45) is -5.55. The average Bonchev–Trinajstić information content (AvgIpc) is 2.66. The van der Waals surface area contributed by atoms with Crippen molar-refractivity contribution in [1.29, 1.82) is 0 Å². The minimum absolute atomic E-state index is 0.0586. The highest BCUT2D eigenvalue weighted by Crippen LogP contribution is 2.35. The Hall–Kier alpha value is -2.53. The molecule has 0 bridgehead atoms. The first-order chi connectivity index (χ1) is 16.4. The van der Waals surface area contributed by atoms with Crippen molar-refractivity contribution in [3.63, 3.8) is 0 Å². The Morgan fingerprint density at radius 2 is 1.56 bits per heavy atom. The highest BCUT2D eigenvalue weighted by atomic mass is 79.9. The smallest absolute Gasteiger partial charge is 0.425 e. The average molecular weight is 596 g/mol. The molecule has 1 aromatic carbocycles. The number of ether oxygens (including phenoxy) is 3. The van der Waals surface area contributed by atoms with E-state index in [1.165, 1.54) is 18.3 Å². The van der Waals surface area contributed by atoms with Crippen LogP contribution in [0.25, 0.3) is 0 Å². The first-order valence-corrected chi connectivity index (χ1v) is 11.9. The van der Waals surface area contributed by atoms with Crippen LogP contribution < -0.4 is 9.64 Å². The molecule has 0 aliphatic carbocycles. The van der Waals surface area contributed by atoms with Gasteiger partial charge in [0.15, 0.2) is 11.6 Å². The van der Waals surface area contributed by atoms with E-state index >= 15 is 0 Å². The highest BCUT2D eigenvalue weighted by molar-refractivity contribution is 9.10. The quantitative estimate of drug-likeness (QED) is 0.351. The molecule has 0 unspecified atom stereocenters. The number of rotatable bonds is 5. The van der Waals surface area contributed by atoms with Gasteiger partial charge in [0.05, 0.1) is 12.2 Å². The van der Waals surface area contributed by atoms with E-state index in [1.807, 2.05) is 0 Å². The van der Waals surface area contributed by atoms with Crippen LogP contribution in [0.3, 0.4) is 0 Å². The topological polar surface area (TPSA) is 78.0 Å². The number of carbonyl (C=O) groups excluding carboxylic acids is 2. The first kappa shape index (κ1) is 29.7. The van der Waals surface area contributed by atoms with Gasteiger partial charge in [0.2, 0.25) is 0 Å². The molecule has 0 fully saturated rings. The Kier molecular flexibility index (Phi) is 9.28. The third kappa shape index (κ3) is 8.85. The fourth-order valence-corrected chi connectivity index (χ4v) is 3.37. The highest BCUT2D eigenvalue weighted by Gasteiger charge is 2.36. The van der Waals surface area contributed by atoms with Crippen molar-refractivity contribution in [3.05, 3.63) is 51.1 Å². The Labute approximate surface area is 221 Å². The van der Waals surface area contributed by atoms with E-state index in [0.717, 1.165) is 12.1 Å². The van der Waals surface area contributed by atoms with Crippen LogP contribution in [-0.4, -0.2) is 35.0 Å². The Morgan fingerprint density at radius 3 is 2.06 bits per heavy atom. The summed E-state index contributed by atoms with van der Waals surface area (Å²) in [6, 6.07) is 4.69. The molecule has 0 saturated heterocycles. The second-order valence-electron chi connectivity index (χ2n) is 9.67. The summed E-state index contributed by atoms with van der Waals surface area (Å²) in [7, 11) is 0. The number of pyridine rings is 1. The number of nitrogens with zero attached hydrogens (tertiary/aromatic N) is 2. The molecule has 36 heavy (non-hydrogen) atoms. The van der Waals surface area contributed by atoms with Crippen LogP contribution in [0.2, 0.25) is 5.02 Å². The number of hydrogen-bond acceptors (Lipinski definition) is 6. The third-order valence-corrected chi connectivity index (χ3v) is 4.83. The summed E-state index contributed by atoms with van der Waals surface area (Å²) in [4.78, 5) is 30.6. The van der Waals surface area contributed by atoms with Gasteiger partial charge in [-0.05, 0) is 87.3 Å². The lowest BCUT2D eigenvalue weighted by molar-refractivity contribution is -0.138. The van der Waals surface area contributed by atoms with E-state index in [2.05, 4.69) is 20.9 Å². The molecule has 12 heteroatoms. The van der Waals surface area contributed by atoms with Gasteiger partial charge >= 0.3 is 18.4 Å². The van der Waals surface area contributed by atoms with Gasteiger partial charge in [-0.2, -0.15) is 18.1 Å². The number of benzene rings is 1. The standard InChI is InChI=1S/C24H27BrClF3N2O5/c1-22(2,3)35-20(32)31(21(33)36-23(4,5)6)19-18(12-15(25)13-30-19)34-10-9-14-11-16(26)7-8-17(14)24(27,28)29/h7-8,11-13H,9-10H2,1-6H3. The van der Waals surface area contributed by atoms with Crippen LogP contribution >= 0.6 is 27.5 Å². The van der Waals surface area contributed by atoms with E-state index in [9.17, 15) is 22.8 Å². The first-order valence-electron chi connectivity index (χ1n) is 10.8. The van der Waals surface area contributed by atoms with Crippen molar-refractivity contribution in [2.45, 2.75) is 65.3 Å². The van der Waals surface area contributed by atoms with Crippen LogP contribution in [0, 0.1) is 0 Å². The van der Waals surface area contributed by atoms with Gasteiger partial charge in [0.1, 0.15) is 11.2 Å². The maximum Gasteiger partial charge on any atom is 0.425 e. The number of hydrogen-bond donors (Lipinski definition) is 0. The van der Waals surface area contributed by atoms with Gasteiger partial charge in [-0.15, -0.1) is 0 Å². The molecule has 1 aromatic heterocycles. The van der Waals surface area contributed by atoms with Crippen LogP contribution in [0.4, 0.5) is 28.6 Å². The minimum Gasteiger partial charge on any atom is -0.489 e. The zero-order chi connectivity index (χ0) is 27.5. The van der Waals surface area contributed by atoms with Crippen molar-refractivity contribution in [2.24, 2.45) is 0 Å². The number of anilines is 1. The lowest BCUT2D eigenvalue weighted by Gasteiger charge is -2.28. The Bertz CT molecular complexity index is 1090. The molecule has 0 radical (unpaired) electrons. The zero-order valence-electron chi connectivity index (χ0n) is 20.6. The Morgan fingerprint density at radius 1 is 1.00 bits per heavy atom. The normalized spacial score (nSPS) is 12.2. The molecule has 1 heterocycles. The van der Waals surface area contributed by atoms with Crippen molar-refractivity contribution in [3.8, 4) is 5.75 Å². The van der Waals surface area contributed by atoms with Gasteiger partial charge in [-0.3, -0.25) is 0 Å². The Balaban J connectivity index is 2.41. The summed E-state index contributed by atoms with van der Waals surface area (Å²) < 4.78 is 57.0. The maximum atomic E-state index is 13.4. The molecule has 0 N–H and O–H groups in total. The third-order valence-electron chi connectivity index (χ3n) is 4.17. The molecule has 2 amide bonds. The molecule has 0 saturated carbocycles. The van der Waals surface area contributed by atoms with Crippen LogP contribution in [0.15, 0.2) is 34.9 Å². The fourth-order valence-electron chi connectivity index (χ4n) is 2.87. The summed E-state index contributed by atoms with van der Waals surface area (Å²) in [5.74, 6) is -0.305. The van der Waals surface area contributed by atoms with Crippen molar-refractivity contribution in [2.75, 3.05) is 11.5 Å². The van der Waals surface area contributed by atoms with E-state index in [4.69, 9.17) is 25.8 Å². The second-order valence-corrected chi connectivity index (χ2v) is 11.0. The van der Waals surface area contributed by atoms with Gasteiger partial charge in [-0.1, -0.05) is 11.6 Å². The SMILES string of the molecule is CC(C)(C)OC(=O)N(C(=O)OC(C)(C)C)c1ncc(Br)cc1OCCc1cc(Cl)ccc1C(F)(F)F. The predicted octanol–water partition coefficient (Wildman–Crippen LogP) is 7.81. The fraction of sp³-hybridized carbons (Fsp3) is 0.458. The van der Waals surface area contributed by atoms with Gasteiger partial charge in [0, 0.05) is 22.1 Å². The lowest BCUT2D eigenvalue weighted by atomic mass is 10.0. The molecular formula is C24H27BrClF3N2O5. The van der Waals surface area contributed by atoms with Gasteiger partial charge in [0.25, 0.3) is 0 Å². The summed E-state index contributed by atoms with van der Waals surface area (Å²) in [6.45, 7) is 9.47. The summed E-state index contributed by atoms with van der Waals surface area (Å²) in [5, 5.41) is 0.142. The van der Waals surface area contributed by atoms with E-state index in [-0.39, 0.29) is 35.2 Å². The molecule has 0 aliphatic rings. The largest absolute Gasteiger partial charge is 0.489 e. The monoisotopic (exact) mass is 594 g/mol. The molecular weight excluding hydrogens is 569 g/mol. The van der Waals surface area contributed by atoms with E-state index in [0.29, 0.717) is 9.37 Å². The number of imide groups is 1. The predicted molar refractivity (Wildman–Crippen MR) is 133 cm³/mol. The van der Waals surface area contributed by atoms with Gasteiger partial charge in [-0.25, -0.2) is 14.6 Å². The molecule has 0 atom stereocenters. The molecule has 2 rings (SSSR count). The van der Waals surface area contributed by atoms with Crippen LogP contribution in [-0.2, 0) is 22.1 Å². The lowest BCUT2D eigenvalue weighted by Crippen LogP contribution is -2.44. The van der Waals surface area contributed by atoms with E-state index in [1.54, 1.807) is 41.5 Å².